The van der Waals surface area contributed by atoms with Crippen molar-refractivity contribution in [3.05, 3.63) is 0 Å². The molecule has 0 aliphatic carbocycles. The molecule has 1 aliphatic heterocycles. The summed E-state index contributed by atoms with van der Waals surface area (Å²) in [5.41, 5.74) is -0.633. The van der Waals surface area contributed by atoms with E-state index in [-0.39, 0.29) is 6.10 Å². The fraction of sp³-hybridized carbons (Fsp3) is 0.882. The molecule has 0 aromatic heterocycles. The van der Waals surface area contributed by atoms with Crippen LogP contribution in [0.15, 0.2) is 0 Å². The highest BCUT2D eigenvalue weighted by molar-refractivity contribution is 5.81. The highest BCUT2D eigenvalue weighted by atomic mass is 16.6. The lowest BCUT2D eigenvalue weighted by atomic mass is 10.2. The van der Waals surface area contributed by atoms with E-state index in [1.165, 1.54) is 0 Å². The van der Waals surface area contributed by atoms with E-state index >= 15 is 0 Å². The Balaban J connectivity index is 2.63. The molecule has 1 amide bonds. The third-order valence-corrected chi connectivity index (χ3v) is 3.28. The Morgan fingerprint density at radius 3 is 2.62 bits per heavy atom. The first kappa shape index (κ1) is 20.7. The van der Waals surface area contributed by atoms with Crippen molar-refractivity contribution in [3.8, 4) is 0 Å². The molecule has 140 valence electrons. The number of cyclic esters (lactones) is 1. The van der Waals surface area contributed by atoms with Gasteiger partial charge in [-0.25, -0.2) is 9.59 Å². The maximum Gasteiger partial charge on any atom is 0.408 e. The van der Waals surface area contributed by atoms with Crippen molar-refractivity contribution in [2.75, 3.05) is 19.8 Å². The molecule has 1 N–H and O–H groups in total. The van der Waals surface area contributed by atoms with Crippen molar-refractivity contribution >= 4 is 12.1 Å². The molecule has 1 aliphatic rings. The number of hydrogen-bond donors (Lipinski definition) is 1. The van der Waals surface area contributed by atoms with Gasteiger partial charge >= 0.3 is 12.1 Å². The van der Waals surface area contributed by atoms with Crippen molar-refractivity contribution in [2.45, 2.75) is 71.8 Å². The molecule has 7 heteroatoms. The smallest absolute Gasteiger partial charge is 0.408 e. The molecule has 0 bridgehead atoms. The first-order valence-electron chi connectivity index (χ1n) is 8.48. The number of alkyl carbamates (subject to hydrolysis) is 1. The molecule has 0 aromatic carbocycles. The second-order valence-corrected chi connectivity index (χ2v) is 7.47. The van der Waals surface area contributed by atoms with Gasteiger partial charge in [-0.2, -0.15) is 0 Å². The topological polar surface area (TPSA) is 83.1 Å². The second kappa shape index (κ2) is 9.22. The zero-order chi connectivity index (χ0) is 18.3. The minimum Gasteiger partial charge on any atom is -0.458 e. The van der Waals surface area contributed by atoms with Crippen molar-refractivity contribution < 1.29 is 28.5 Å². The normalized spacial score (nSPS) is 26.1. The van der Waals surface area contributed by atoms with E-state index in [0.717, 1.165) is 0 Å². The quantitative estimate of drug-likeness (QED) is 0.787. The average molecular weight is 345 g/mol. The molecule has 0 spiro atoms. The van der Waals surface area contributed by atoms with E-state index in [9.17, 15) is 9.59 Å². The van der Waals surface area contributed by atoms with E-state index in [0.29, 0.717) is 32.2 Å². The van der Waals surface area contributed by atoms with E-state index < -0.39 is 29.8 Å². The Bertz CT molecular complexity index is 418. The van der Waals surface area contributed by atoms with Crippen LogP contribution in [0.4, 0.5) is 4.79 Å². The molecule has 1 fully saturated rings. The van der Waals surface area contributed by atoms with Crippen LogP contribution in [0, 0.1) is 5.92 Å². The van der Waals surface area contributed by atoms with E-state index in [1.54, 1.807) is 27.7 Å². The number of hydrogen-bond acceptors (Lipinski definition) is 6. The second-order valence-electron chi connectivity index (χ2n) is 7.47. The van der Waals surface area contributed by atoms with E-state index in [1.807, 2.05) is 13.8 Å². The summed E-state index contributed by atoms with van der Waals surface area (Å²) >= 11 is 0. The van der Waals surface area contributed by atoms with Crippen LogP contribution in [0.5, 0.6) is 0 Å². The van der Waals surface area contributed by atoms with Gasteiger partial charge in [-0.05, 0) is 33.6 Å². The number of carbonyl (C=O) groups is 2. The third kappa shape index (κ3) is 7.97. The van der Waals surface area contributed by atoms with Gasteiger partial charge in [0, 0.05) is 19.6 Å². The van der Waals surface area contributed by atoms with Gasteiger partial charge in [-0.15, -0.1) is 0 Å². The number of ether oxygens (including phenoxy) is 4. The summed E-state index contributed by atoms with van der Waals surface area (Å²) in [5, 5.41) is 2.55. The monoisotopic (exact) mass is 345 g/mol. The Kier molecular flexibility index (Phi) is 7.96. The van der Waals surface area contributed by atoms with E-state index in [4.69, 9.17) is 18.9 Å². The summed E-state index contributed by atoms with van der Waals surface area (Å²) in [7, 11) is 0. The van der Waals surface area contributed by atoms with Crippen molar-refractivity contribution in [3.63, 3.8) is 0 Å². The highest BCUT2D eigenvalue weighted by Gasteiger charge is 2.31. The van der Waals surface area contributed by atoms with Gasteiger partial charge in [0.1, 0.15) is 23.9 Å². The maximum absolute atomic E-state index is 12.3. The molecule has 1 saturated heterocycles. The number of amides is 1. The highest BCUT2D eigenvalue weighted by Crippen LogP contribution is 2.13. The van der Waals surface area contributed by atoms with Gasteiger partial charge in [-0.3, -0.25) is 0 Å². The largest absolute Gasteiger partial charge is 0.458 e. The van der Waals surface area contributed by atoms with Crippen LogP contribution in [-0.4, -0.2) is 55.7 Å². The molecular formula is C17H31NO6. The van der Waals surface area contributed by atoms with Crippen molar-refractivity contribution in [2.24, 2.45) is 5.92 Å². The summed E-state index contributed by atoms with van der Waals surface area (Å²) in [6, 6.07) is -0.800. The molecule has 0 saturated carbocycles. The van der Waals surface area contributed by atoms with Crippen LogP contribution in [0.25, 0.3) is 0 Å². The molecule has 0 unspecified atom stereocenters. The standard InChI is InChI=1S/C17H31NO6/c1-11(2)9-22-14-10-21-8-7-13(15(19)23-12(14)3)18-16(20)24-17(4,5)6/h11-14H,7-10H2,1-6H3,(H,18,20)/t12-,13-,14+/m0/s1. The SMILES string of the molecule is CC(C)CO[C@@H]1COCC[C@H](NC(=O)OC(C)(C)C)C(=O)O[C@H]1C. The third-order valence-electron chi connectivity index (χ3n) is 3.28. The predicted octanol–water partition coefficient (Wildman–Crippen LogP) is 2.27. The predicted molar refractivity (Wildman–Crippen MR) is 88.7 cm³/mol. The van der Waals surface area contributed by atoms with Gasteiger partial charge in [0.15, 0.2) is 0 Å². The van der Waals surface area contributed by atoms with Gasteiger partial charge in [0.05, 0.1) is 6.61 Å². The lowest BCUT2D eigenvalue weighted by molar-refractivity contribution is -0.159. The summed E-state index contributed by atoms with van der Waals surface area (Å²) in [6.45, 7) is 12.4. The lowest BCUT2D eigenvalue weighted by Crippen LogP contribution is -2.46. The van der Waals surface area contributed by atoms with Crippen LogP contribution in [0.3, 0.4) is 0 Å². The van der Waals surface area contributed by atoms with Gasteiger partial charge < -0.3 is 24.3 Å². The van der Waals surface area contributed by atoms with Gasteiger partial charge in [0.25, 0.3) is 0 Å². The summed E-state index contributed by atoms with van der Waals surface area (Å²) in [4.78, 5) is 24.2. The fourth-order valence-electron chi connectivity index (χ4n) is 2.08. The van der Waals surface area contributed by atoms with Crippen LogP contribution < -0.4 is 5.32 Å². The van der Waals surface area contributed by atoms with Gasteiger partial charge in [-0.1, -0.05) is 13.8 Å². The zero-order valence-electron chi connectivity index (χ0n) is 15.6. The summed E-state index contributed by atoms with van der Waals surface area (Å²) in [6.07, 6.45) is -1.11. The Morgan fingerprint density at radius 2 is 2.04 bits per heavy atom. The minimum absolute atomic E-state index is 0.321. The van der Waals surface area contributed by atoms with Gasteiger partial charge in [0.2, 0.25) is 0 Å². The Morgan fingerprint density at radius 1 is 1.38 bits per heavy atom. The van der Waals surface area contributed by atoms with Crippen LogP contribution >= 0.6 is 0 Å². The maximum atomic E-state index is 12.3. The van der Waals surface area contributed by atoms with Crippen molar-refractivity contribution in [1.82, 2.24) is 5.32 Å². The molecule has 0 aromatic rings. The minimum atomic E-state index is -0.800. The summed E-state index contributed by atoms with van der Waals surface area (Å²) < 4.78 is 22.0. The first-order valence-corrected chi connectivity index (χ1v) is 8.48. The Labute approximate surface area is 144 Å². The lowest BCUT2D eigenvalue weighted by Gasteiger charge is -2.25. The number of carbonyl (C=O) groups excluding carboxylic acids is 2. The molecule has 3 atom stereocenters. The first-order chi connectivity index (χ1) is 11.1. The van der Waals surface area contributed by atoms with Crippen LogP contribution in [0.1, 0.15) is 48.0 Å². The van der Waals surface area contributed by atoms with E-state index in [2.05, 4.69) is 5.32 Å². The van der Waals surface area contributed by atoms with Crippen LogP contribution in [0.2, 0.25) is 0 Å². The molecular weight excluding hydrogens is 314 g/mol. The fourth-order valence-corrected chi connectivity index (χ4v) is 2.08. The number of esters is 1. The molecule has 1 rings (SSSR count). The molecule has 1 heterocycles. The Hall–Kier alpha value is -1.34. The summed E-state index contributed by atoms with van der Waals surface area (Å²) in [5.74, 6) is -0.126. The van der Waals surface area contributed by atoms with Crippen LogP contribution in [-0.2, 0) is 23.7 Å². The molecule has 7 nitrogen and oxygen atoms in total. The number of nitrogens with one attached hydrogen (secondary N) is 1. The zero-order valence-corrected chi connectivity index (χ0v) is 15.6. The molecule has 0 radical (unpaired) electrons. The molecule has 24 heavy (non-hydrogen) atoms. The average Bonchev–Trinajstić information content (AvgIpc) is 2.47. The number of rotatable bonds is 4. The van der Waals surface area contributed by atoms with Crippen molar-refractivity contribution in [1.29, 1.82) is 0 Å².